The maximum Gasteiger partial charge on any atom is 0.188 e. The molecule has 1 aromatic carbocycles. The molecule has 5 heteroatoms. The first-order valence-electron chi connectivity index (χ1n) is 6.62. The first kappa shape index (κ1) is 14.3. The SMILES string of the molecule is NC(=NC[C@H](O)c1cccc(Br)c1)NCC1CCC1. The fourth-order valence-electron chi connectivity index (χ4n) is 2.01. The highest BCUT2D eigenvalue weighted by molar-refractivity contribution is 9.10. The topological polar surface area (TPSA) is 70.6 Å². The molecule has 2 rings (SSSR count). The molecule has 1 aliphatic rings. The average molecular weight is 326 g/mol. The molecular formula is C14H20BrN3O. The minimum Gasteiger partial charge on any atom is -0.386 e. The Kier molecular flexibility index (Phi) is 5.22. The van der Waals surface area contributed by atoms with Crippen molar-refractivity contribution in [3.63, 3.8) is 0 Å². The number of guanidine groups is 1. The molecule has 0 heterocycles. The van der Waals surface area contributed by atoms with Crippen LogP contribution < -0.4 is 11.1 Å². The van der Waals surface area contributed by atoms with Crippen molar-refractivity contribution >= 4 is 21.9 Å². The molecule has 0 aliphatic heterocycles. The molecule has 0 radical (unpaired) electrons. The Balaban J connectivity index is 1.79. The van der Waals surface area contributed by atoms with E-state index in [9.17, 15) is 5.11 Å². The van der Waals surface area contributed by atoms with Crippen molar-refractivity contribution in [3.05, 3.63) is 34.3 Å². The number of nitrogens with zero attached hydrogens (tertiary/aromatic N) is 1. The van der Waals surface area contributed by atoms with Crippen LogP contribution in [0.5, 0.6) is 0 Å². The van der Waals surface area contributed by atoms with E-state index in [0.29, 0.717) is 5.96 Å². The van der Waals surface area contributed by atoms with Crippen molar-refractivity contribution in [2.24, 2.45) is 16.6 Å². The normalized spacial score (nSPS) is 17.9. The zero-order chi connectivity index (χ0) is 13.7. The summed E-state index contributed by atoms with van der Waals surface area (Å²) in [5.41, 5.74) is 6.61. The third-order valence-corrected chi connectivity index (χ3v) is 3.96. The molecule has 0 amide bonds. The molecule has 1 fully saturated rings. The summed E-state index contributed by atoms with van der Waals surface area (Å²) in [7, 11) is 0. The minimum atomic E-state index is -0.624. The number of nitrogens with two attached hydrogens (primary N) is 1. The highest BCUT2D eigenvalue weighted by Gasteiger charge is 2.16. The van der Waals surface area contributed by atoms with Crippen LogP contribution in [0.2, 0.25) is 0 Å². The summed E-state index contributed by atoms with van der Waals surface area (Å²) >= 11 is 3.38. The second-order valence-corrected chi connectivity index (χ2v) is 5.89. The van der Waals surface area contributed by atoms with Gasteiger partial charge in [0.1, 0.15) is 0 Å². The van der Waals surface area contributed by atoms with Gasteiger partial charge in [-0.3, -0.25) is 4.99 Å². The molecule has 4 N–H and O–H groups in total. The van der Waals surface area contributed by atoms with Crippen molar-refractivity contribution in [1.82, 2.24) is 5.32 Å². The molecule has 1 aromatic rings. The highest BCUT2D eigenvalue weighted by atomic mass is 79.9. The van der Waals surface area contributed by atoms with Crippen LogP contribution in [0.4, 0.5) is 0 Å². The van der Waals surface area contributed by atoms with E-state index < -0.39 is 6.10 Å². The molecule has 1 saturated carbocycles. The Labute approximate surface area is 122 Å². The first-order valence-corrected chi connectivity index (χ1v) is 7.42. The number of halogens is 1. The fourth-order valence-corrected chi connectivity index (χ4v) is 2.42. The van der Waals surface area contributed by atoms with Crippen LogP contribution in [0.15, 0.2) is 33.7 Å². The molecule has 1 aliphatic carbocycles. The van der Waals surface area contributed by atoms with Gasteiger partial charge in [-0.15, -0.1) is 0 Å². The zero-order valence-corrected chi connectivity index (χ0v) is 12.4. The summed E-state index contributed by atoms with van der Waals surface area (Å²) in [6.07, 6.45) is 3.26. The lowest BCUT2D eigenvalue weighted by Crippen LogP contribution is -2.37. The Morgan fingerprint density at radius 3 is 2.95 bits per heavy atom. The van der Waals surface area contributed by atoms with Crippen LogP contribution in [-0.2, 0) is 0 Å². The number of hydrogen-bond donors (Lipinski definition) is 3. The molecule has 1 atom stereocenters. The summed E-state index contributed by atoms with van der Waals surface area (Å²) < 4.78 is 0.948. The highest BCUT2D eigenvalue weighted by Crippen LogP contribution is 2.25. The maximum atomic E-state index is 10.0. The van der Waals surface area contributed by atoms with Crippen LogP contribution in [0.3, 0.4) is 0 Å². The van der Waals surface area contributed by atoms with Crippen molar-refractivity contribution in [2.45, 2.75) is 25.4 Å². The van der Waals surface area contributed by atoms with E-state index >= 15 is 0 Å². The van der Waals surface area contributed by atoms with E-state index in [2.05, 4.69) is 26.2 Å². The van der Waals surface area contributed by atoms with Crippen LogP contribution in [-0.4, -0.2) is 24.2 Å². The second-order valence-electron chi connectivity index (χ2n) is 4.97. The van der Waals surface area contributed by atoms with Crippen LogP contribution in [0, 0.1) is 5.92 Å². The molecule has 0 spiro atoms. The maximum absolute atomic E-state index is 10.0. The van der Waals surface area contributed by atoms with Crippen molar-refractivity contribution in [3.8, 4) is 0 Å². The lowest BCUT2D eigenvalue weighted by Gasteiger charge is -2.25. The van der Waals surface area contributed by atoms with Gasteiger partial charge in [0, 0.05) is 11.0 Å². The van der Waals surface area contributed by atoms with Gasteiger partial charge in [0.15, 0.2) is 5.96 Å². The molecule has 0 bridgehead atoms. The zero-order valence-electron chi connectivity index (χ0n) is 10.8. The van der Waals surface area contributed by atoms with E-state index in [4.69, 9.17) is 5.73 Å². The molecule has 19 heavy (non-hydrogen) atoms. The number of aliphatic hydroxyl groups is 1. The summed E-state index contributed by atoms with van der Waals surface area (Å²) in [5, 5.41) is 13.1. The predicted octanol–water partition coefficient (Wildman–Crippen LogP) is 2.19. The van der Waals surface area contributed by atoms with Gasteiger partial charge in [0.25, 0.3) is 0 Å². The fraction of sp³-hybridized carbons (Fsp3) is 0.500. The quantitative estimate of drug-likeness (QED) is 0.574. The molecular weight excluding hydrogens is 306 g/mol. The van der Waals surface area contributed by atoms with Gasteiger partial charge >= 0.3 is 0 Å². The number of aliphatic imine (C=N–C) groups is 1. The Morgan fingerprint density at radius 2 is 2.32 bits per heavy atom. The average Bonchev–Trinajstić information content (AvgIpc) is 2.34. The summed E-state index contributed by atoms with van der Waals surface area (Å²) in [5.74, 6) is 1.16. The third-order valence-electron chi connectivity index (χ3n) is 3.46. The van der Waals surface area contributed by atoms with Gasteiger partial charge in [-0.05, 0) is 36.5 Å². The van der Waals surface area contributed by atoms with Crippen molar-refractivity contribution < 1.29 is 5.11 Å². The van der Waals surface area contributed by atoms with Crippen LogP contribution in [0.25, 0.3) is 0 Å². The van der Waals surface area contributed by atoms with Gasteiger partial charge in [-0.2, -0.15) is 0 Å². The third kappa shape index (κ3) is 4.51. The number of nitrogens with one attached hydrogen (secondary N) is 1. The first-order chi connectivity index (χ1) is 9.15. The molecule has 0 saturated heterocycles. The monoisotopic (exact) mass is 325 g/mol. The van der Waals surface area contributed by atoms with Crippen molar-refractivity contribution in [1.29, 1.82) is 0 Å². The van der Waals surface area contributed by atoms with E-state index in [1.807, 2.05) is 24.3 Å². The van der Waals surface area contributed by atoms with Crippen molar-refractivity contribution in [2.75, 3.05) is 13.1 Å². The Morgan fingerprint density at radius 1 is 1.53 bits per heavy atom. The van der Waals surface area contributed by atoms with Gasteiger partial charge < -0.3 is 16.2 Å². The number of rotatable bonds is 5. The number of benzene rings is 1. The van der Waals surface area contributed by atoms with Gasteiger partial charge in [-0.25, -0.2) is 0 Å². The summed E-state index contributed by atoms with van der Waals surface area (Å²) in [4.78, 5) is 4.18. The standard InChI is InChI=1S/C14H20BrN3O/c15-12-6-2-5-11(7-12)13(19)9-18-14(16)17-8-10-3-1-4-10/h2,5-7,10,13,19H,1,3-4,8-9H2,(H3,16,17,18)/t13-/m0/s1. The second kappa shape index (κ2) is 6.91. The predicted molar refractivity (Wildman–Crippen MR) is 80.9 cm³/mol. The molecule has 0 aromatic heterocycles. The smallest absolute Gasteiger partial charge is 0.188 e. The lowest BCUT2D eigenvalue weighted by molar-refractivity contribution is 0.187. The molecule has 4 nitrogen and oxygen atoms in total. The van der Waals surface area contributed by atoms with Crippen LogP contribution in [0.1, 0.15) is 30.9 Å². The largest absolute Gasteiger partial charge is 0.386 e. The Bertz CT molecular complexity index is 446. The van der Waals surface area contributed by atoms with E-state index in [0.717, 1.165) is 22.5 Å². The number of aliphatic hydroxyl groups excluding tert-OH is 1. The minimum absolute atomic E-state index is 0.278. The van der Waals surface area contributed by atoms with E-state index in [1.165, 1.54) is 19.3 Å². The van der Waals surface area contributed by atoms with E-state index in [-0.39, 0.29) is 6.54 Å². The Hall–Kier alpha value is -1.07. The van der Waals surface area contributed by atoms with Gasteiger partial charge in [0.2, 0.25) is 0 Å². The summed E-state index contributed by atoms with van der Waals surface area (Å²) in [6, 6.07) is 7.58. The van der Waals surface area contributed by atoms with Gasteiger partial charge in [-0.1, -0.05) is 34.5 Å². The van der Waals surface area contributed by atoms with Crippen LogP contribution >= 0.6 is 15.9 Å². The van der Waals surface area contributed by atoms with E-state index in [1.54, 1.807) is 0 Å². The molecule has 0 unspecified atom stereocenters. The lowest BCUT2D eigenvalue weighted by atomic mass is 9.85. The van der Waals surface area contributed by atoms with Gasteiger partial charge in [0.05, 0.1) is 12.6 Å². The molecule has 104 valence electrons. The summed E-state index contributed by atoms with van der Waals surface area (Å²) in [6.45, 7) is 1.17. The number of hydrogen-bond acceptors (Lipinski definition) is 2.